The predicted octanol–water partition coefficient (Wildman–Crippen LogP) is 6.56. The highest BCUT2D eigenvalue weighted by Gasteiger charge is 2.25. The molecule has 0 aliphatic carbocycles. The van der Waals surface area contributed by atoms with Gasteiger partial charge in [0.15, 0.2) is 0 Å². The molecule has 0 radical (unpaired) electrons. The lowest BCUT2D eigenvalue weighted by Crippen LogP contribution is -2.30. The number of nitrogens with zero attached hydrogens (tertiary/aromatic N) is 2. The highest BCUT2D eigenvalue weighted by atomic mass is 32.2. The molecule has 4 rings (SSSR count). The van der Waals surface area contributed by atoms with Crippen molar-refractivity contribution in [2.75, 3.05) is 5.32 Å². The number of hydrogen-bond acceptors (Lipinski definition) is 4. The minimum Gasteiger partial charge on any atom is -0.340 e. The first-order valence-corrected chi connectivity index (χ1v) is 13.4. The molecule has 1 N–H and O–H groups in total. The van der Waals surface area contributed by atoms with Crippen LogP contribution < -0.4 is 5.32 Å². The maximum absolute atomic E-state index is 13.6. The molecule has 0 unspecified atom stereocenters. The third-order valence-electron chi connectivity index (χ3n) is 5.82. The molecule has 0 saturated carbocycles. The van der Waals surface area contributed by atoms with E-state index in [1.165, 1.54) is 28.9 Å². The van der Waals surface area contributed by atoms with Gasteiger partial charge < -0.3 is 5.32 Å². The molecule has 0 amide bonds. The van der Waals surface area contributed by atoms with E-state index in [1.54, 1.807) is 12.1 Å². The van der Waals surface area contributed by atoms with Crippen LogP contribution in [0.15, 0.2) is 108 Å². The number of pyridine rings is 1. The van der Waals surface area contributed by atoms with Crippen LogP contribution >= 0.6 is 0 Å². The fourth-order valence-electron chi connectivity index (χ4n) is 3.84. The highest BCUT2D eigenvalue weighted by Crippen LogP contribution is 2.23. The maximum Gasteiger partial charge on any atom is 0.245 e. The molecule has 35 heavy (non-hydrogen) atoms. The van der Waals surface area contributed by atoms with Crippen LogP contribution in [-0.2, 0) is 29.5 Å². The third kappa shape index (κ3) is 6.78. The quantitative estimate of drug-likeness (QED) is 0.261. The van der Waals surface area contributed by atoms with Crippen LogP contribution in [0.2, 0.25) is 0 Å². The second kappa shape index (κ2) is 11.8. The molecule has 0 aliphatic rings. The van der Waals surface area contributed by atoms with E-state index in [0.29, 0.717) is 5.82 Å². The van der Waals surface area contributed by atoms with Crippen molar-refractivity contribution in [2.24, 2.45) is 0 Å². The van der Waals surface area contributed by atoms with Crippen molar-refractivity contribution in [1.82, 2.24) is 9.29 Å². The molecule has 1 heterocycles. The van der Waals surface area contributed by atoms with Gasteiger partial charge >= 0.3 is 0 Å². The van der Waals surface area contributed by atoms with Crippen LogP contribution in [0.4, 0.5) is 11.5 Å². The summed E-state index contributed by atoms with van der Waals surface area (Å²) in [5.74, 6) is 0.600. The van der Waals surface area contributed by atoms with Crippen molar-refractivity contribution in [1.29, 1.82) is 0 Å². The molecular weight excluding hydrogens is 454 g/mol. The fraction of sp³-hybridized carbons (Fsp3) is 0.207. The van der Waals surface area contributed by atoms with Gasteiger partial charge in [-0.2, -0.15) is 4.31 Å². The Balaban J connectivity index is 1.51. The summed E-state index contributed by atoms with van der Waals surface area (Å²) < 4.78 is 28.7. The Morgan fingerprint density at radius 1 is 0.743 bits per heavy atom. The molecule has 0 saturated heterocycles. The lowest BCUT2D eigenvalue weighted by molar-refractivity contribution is 0.401. The van der Waals surface area contributed by atoms with E-state index in [0.717, 1.165) is 23.2 Å². The third-order valence-corrected chi connectivity index (χ3v) is 7.60. The number of aromatic nitrogens is 1. The summed E-state index contributed by atoms with van der Waals surface area (Å²) >= 11 is 0. The summed E-state index contributed by atoms with van der Waals surface area (Å²) in [6.45, 7) is 2.75. The number of aryl methyl sites for hydroxylation is 1. The summed E-state index contributed by atoms with van der Waals surface area (Å²) in [5, 5.41) is 3.26. The van der Waals surface area contributed by atoms with Crippen molar-refractivity contribution in [2.45, 2.75) is 44.2 Å². The van der Waals surface area contributed by atoms with Crippen LogP contribution in [0.1, 0.15) is 36.5 Å². The summed E-state index contributed by atoms with van der Waals surface area (Å²) in [5.41, 5.74) is 4.09. The zero-order valence-electron chi connectivity index (χ0n) is 20.0. The van der Waals surface area contributed by atoms with Gasteiger partial charge in [0.05, 0.1) is 0 Å². The van der Waals surface area contributed by atoms with Crippen molar-refractivity contribution >= 4 is 21.5 Å². The van der Waals surface area contributed by atoms with Crippen LogP contribution in [0, 0.1) is 0 Å². The van der Waals surface area contributed by atoms with E-state index in [1.807, 2.05) is 72.8 Å². The summed E-state index contributed by atoms with van der Waals surface area (Å²) in [4.78, 5) is 4.56. The van der Waals surface area contributed by atoms with E-state index in [4.69, 9.17) is 0 Å². The molecule has 0 fully saturated rings. The molecule has 180 valence electrons. The Labute approximate surface area is 208 Å². The second-order valence-electron chi connectivity index (χ2n) is 8.55. The van der Waals surface area contributed by atoms with Gasteiger partial charge in [-0.3, -0.25) is 0 Å². The van der Waals surface area contributed by atoms with E-state index in [2.05, 4.69) is 29.4 Å². The molecule has 4 aromatic rings. The summed E-state index contributed by atoms with van der Waals surface area (Å²) in [6.07, 6.45) is 4.85. The van der Waals surface area contributed by atoms with Gasteiger partial charge in [-0.15, -0.1) is 0 Å². The predicted molar refractivity (Wildman–Crippen MR) is 142 cm³/mol. The number of anilines is 2. The monoisotopic (exact) mass is 485 g/mol. The molecule has 0 bridgehead atoms. The maximum atomic E-state index is 13.6. The molecule has 0 aliphatic heterocycles. The van der Waals surface area contributed by atoms with Gasteiger partial charge in [0.1, 0.15) is 10.7 Å². The van der Waals surface area contributed by atoms with Crippen molar-refractivity contribution in [3.8, 4) is 0 Å². The molecule has 1 aromatic heterocycles. The Kier molecular flexibility index (Phi) is 8.29. The van der Waals surface area contributed by atoms with Gasteiger partial charge in [-0.05, 0) is 53.8 Å². The minimum absolute atomic E-state index is 0.171. The van der Waals surface area contributed by atoms with E-state index < -0.39 is 10.0 Å². The van der Waals surface area contributed by atoms with Gasteiger partial charge in [-0.1, -0.05) is 86.1 Å². The number of unbranched alkanes of at least 4 members (excludes halogenated alkanes) is 1. The van der Waals surface area contributed by atoms with Gasteiger partial charge in [0.25, 0.3) is 0 Å². The zero-order chi connectivity index (χ0) is 24.5. The van der Waals surface area contributed by atoms with Gasteiger partial charge in [-0.25, -0.2) is 13.4 Å². The lowest BCUT2D eigenvalue weighted by Gasteiger charge is -2.22. The number of nitrogens with one attached hydrogen (secondary N) is 1. The molecule has 0 atom stereocenters. The van der Waals surface area contributed by atoms with Gasteiger partial charge in [0.2, 0.25) is 10.0 Å². The lowest BCUT2D eigenvalue weighted by atomic mass is 10.1. The smallest absolute Gasteiger partial charge is 0.245 e. The highest BCUT2D eigenvalue weighted by molar-refractivity contribution is 7.89. The van der Waals surface area contributed by atoms with Crippen LogP contribution in [0.5, 0.6) is 0 Å². The van der Waals surface area contributed by atoms with Crippen LogP contribution in [0.25, 0.3) is 0 Å². The number of hydrogen-bond donors (Lipinski definition) is 1. The molecule has 5 nitrogen and oxygen atoms in total. The topological polar surface area (TPSA) is 62.3 Å². The van der Waals surface area contributed by atoms with Crippen molar-refractivity contribution in [3.63, 3.8) is 0 Å². The number of rotatable bonds is 11. The van der Waals surface area contributed by atoms with E-state index >= 15 is 0 Å². The molecule has 0 spiro atoms. The van der Waals surface area contributed by atoms with Crippen LogP contribution in [-0.4, -0.2) is 17.7 Å². The molecular formula is C29H31N3O2S. The Morgan fingerprint density at radius 3 is 1.86 bits per heavy atom. The van der Waals surface area contributed by atoms with Gasteiger partial charge in [0, 0.05) is 25.0 Å². The number of benzene rings is 3. The van der Waals surface area contributed by atoms with E-state index in [-0.39, 0.29) is 18.0 Å². The van der Waals surface area contributed by atoms with Crippen molar-refractivity contribution < 1.29 is 8.42 Å². The Morgan fingerprint density at radius 2 is 1.34 bits per heavy atom. The average molecular weight is 486 g/mol. The largest absolute Gasteiger partial charge is 0.340 e. The normalized spacial score (nSPS) is 11.5. The first-order chi connectivity index (χ1) is 17.0. The average Bonchev–Trinajstić information content (AvgIpc) is 2.89. The van der Waals surface area contributed by atoms with Crippen LogP contribution in [0.3, 0.4) is 0 Å². The second-order valence-corrected chi connectivity index (χ2v) is 10.5. The standard InChI is InChI=1S/C29H31N3O2S/c1-2-3-10-24-15-17-27(18-16-24)31-29-20-19-28(21-30-29)35(33,34)32(22-25-11-6-4-7-12-25)23-26-13-8-5-9-14-26/h4-9,11-21H,2-3,10,22-23H2,1H3,(H,30,31). The minimum atomic E-state index is -3.76. The Bertz CT molecular complexity index is 1250. The fourth-order valence-corrected chi connectivity index (χ4v) is 5.20. The Hall–Kier alpha value is -3.48. The van der Waals surface area contributed by atoms with Crippen molar-refractivity contribution in [3.05, 3.63) is 120 Å². The summed E-state index contributed by atoms with van der Waals surface area (Å²) in [6, 6.07) is 30.9. The first-order valence-electron chi connectivity index (χ1n) is 11.9. The molecule has 3 aromatic carbocycles. The van der Waals surface area contributed by atoms with E-state index in [9.17, 15) is 8.42 Å². The summed E-state index contributed by atoms with van der Waals surface area (Å²) in [7, 11) is -3.76. The number of sulfonamides is 1. The molecule has 6 heteroatoms. The SMILES string of the molecule is CCCCc1ccc(Nc2ccc(S(=O)(=O)N(Cc3ccccc3)Cc3ccccc3)cn2)cc1. The zero-order valence-corrected chi connectivity index (χ0v) is 20.8. The first kappa shape index (κ1) is 24.6.